The zero-order chi connectivity index (χ0) is 11.8. The number of aryl methyl sites for hydroxylation is 1. The molecule has 17 heavy (non-hydrogen) atoms. The van der Waals surface area contributed by atoms with Crippen molar-refractivity contribution in [2.24, 2.45) is 0 Å². The number of nitrogens with zero attached hydrogens (tertiary/aromatic N) is 1. The summed E-state index contributed by atoms with van der Waals surface area (Å²) >= 11 is 0. The van der Waals surface area contributed by atoms with Crippen LogP contribution in [0.25, 0.3) is 22.2 Å². The monoisotopic (exact) mass is 226 g/mol. The van der Waals surface area contributed by atoms with Crippen LogP contribution in [0.15, 0.2) is 42.6 Å². The number of H-pyrrole nitrogens is 1. The van der Waals surface area contributed by atoms with Gasteiger partial charge in [-0.1, -0.05) is 12.1 Å². The number of pyridine rings is 1. The van der Waals surface area contributed by atoms with Crippen LogP contribution in [0.2, 0.25) is 0 Å². The van der Waals surface area contributed by atoms with E-state index in [9.17, 15) is 4.39 Å². The minimum absolute atomic E-state index is 0.223. The van der Waals surface area contributed by atoms with Gasteiger partial charge < -0.3 is 4.98 Å². The molecule has 0 fully saturated rings. The highest BCUT2D eigenvalue weighted by atomic mass is 19.1. The molecule has 0 saturated heterocycles. The van der Waals surface area contributed by atoms with Crippen molar-refractivity contribution in [3.8, 4) is 11.1 Å². The molecular formula is C14H11FN2. The number of benzene rings is 1. The molecule has 3 rings (SSSR count). The number of rotatable bonds is 1. The van der Waals surface area contributed by atoms with Crippen molar-refractivity contribution in [1.82, 2.24) is 9.97 Å². The molecule has 0 amide bonds. The van der Waals surface area contributed by atoms with Gasteiger partial charge in [0, 0.05) is 17.5 Å². The molecule has 2 nitrogen and oxygen atoms in total. The maximum absolute atomic E-state index is 12.9. The predicted molar refractivity (Wildman–Crippen MR) is 66.2 cm³/mol. The zero-order valence-electron chi connectivity index (χ0n) is 9.37. The third-order valence-electron chi connectivity index (χ3n) is 2.87. The third kappa shape index (κ3) is 1.60. The number of hydrogen-bond donors (Lipinski definition) is 1. The molecule has 0 unspecified atom stereocenters. The first-order valence-corrected chi connectivity index (χ1v) is 5.45. The molecule has 2 heterocycles. The van der Waals surface area contributed by atoms with E-state index in [0.717, 1.165) is 27.9 Å². The van der Waals surface area contributed by atoms with E-state index in [0.29, 0.717) is 0 Å². The Labute approximate surface area is 98.1 Å². The van der Waals surface area contributed by atoms with Crippen LogP contribution in [-0.2, 0) is 0 Å². The summed E-state index contributed by atoms with van der Waals surface area (Å²) in [6.07, 6.45) is 1.77. The van der Waals surface area contributed by atoms with Gasteiger partial charge >= 0.3 is 0 Å². The van der Waals surface area contributed by atoms with Crippen LogP contribution in [0, 0.1) is 12.7 Å². The molecule has 3 heteroatoms. The third-order valence-corrected chi connectivity index (χ3v) is 2.87. The van der Waals surface area contributed by atoms with Crippen molar-refractivity contribution in [3.05, 3.63) is 54.1 Å². The largest absolute Gasteiger partial charge is 0.357 e. The van der Waals surface area contributed by atoms with Crippen molar-refractivity contribution in [2.75, 3.05) is 0 Å². The molecule has 0 radical (unpaired) electrons. The number of aromatic amines is 1. The van der Waals surface area contributed by atoms with Gasteiger partial charge in [0.1, 0.15) is 5.82 Å². The summed E-state index contributed by atoms with van der Waals surface area (Å²) in [7, 11) is 0. The van der Waals surface area contributed by atoms with E-state index in [1.807, 2.05) is 19.1 Å². The summed E-state index contributed by atoms with van der Waals surface area (Å²) in [6.45, 7) is 2.00. The van der Waals surface area contributed by atoms with E-state index < -0.39 is 0 Å². The van der Waals surface area contributed by atoms with Gasteiger partial charge in [0.2, 0.25) is 0 Å². The van der Waals surface area contributed by atoms with Crippen molar-refractivity contribution >= 4 is 11.0 Å². The lowest BCUT2D eigenvalue weighted by molar-refractivity contribution is 0.628. The molecule has 0 saturated carbocycles. The molecule has 0 aliphatic carbocycles. The molecule has 0 spiro atoms. The number of hydrogen-bond acceptors (Lipinski definition) is 1. The first-order chi connectivity index (χ1) is 8.25. The Hall–Kier alpha value is -2.16. The second kappa shape index (κ2) is 3.70. The summed E-state index contributed by atoms with van der Waals surface area (Å²) < 4.78 is 12.9. The Balaban J connectivity index is 2.29. The van der Waals surface area contributed by atoms with E-state index in [1.54, 1.807) is 18.3 Å². The van der Waals surface area contributed by atoms with Crippen LogP contribution in [-0.4, -0.2) is 9.97 Å². The van der Waals surface area contributed by atoms with Gasteiger partial charge in [-0.2, -0.15) is 0 Å². The van der Waals surface area contributed by atoms with Crippen LogP contribution in [0.3, 0.4) is 0 Å². The minimum Gasteiger partial charge on any atom is -0.357 e. The molecular weight excluding hydrogens is 215 g/mol. The second-order valence-electron chi connectivity index (χ2n) is 4.03. The number of nitrogens with one attached hydrogen (secondary N) is 1. The average Bonchev–Trinajstić information content (AvgIpc) is 2.66. The van der Waals surface area contributed by atoms with Gasteiger partial charge in [0.25, 0.3) is 0 Å². The fourth-order valence-corrected chi connectivity index (χ4v) is 2.12. The van der Waals surface area contributed by atoms with Gasteiger partial charge in [-0.05, 0) is 36.8 Å². The van der Waals surface area contributed by atoms with E-state index in [2.05, 4.69) is 9.97 Å². The molecule has 0 bridgehead atoms. The van der Waals surface area contributed by atoms with E-state index in [-0.39, 0.29) is 5.82 Å². The Morgan fingerprint density at radius 1 is 1.12 bits per heavy atom. The Bertz CT molecular complexity index is 668. The van der Waals surface area contributed by atoms with Crippen molar-refractivity contribution < 1.29 is 4.39 Å². The summed E-state index contributed by atoms with van der Waals surface area (Å²) in [6, 6.07) is 10.4. The van der Waals surface area contributed by atoms with Crippen molar-refractivity contribution in [3.63, 3.8) is 0 Å². The van der Waals surface area contributed by atoms with Crippen molar-refractivity contribution in [1.29, 1.82) is 0 Å². The van der Waals surface area contributed by atoms with E-state index in [1.165, 1.54) is 12.1 Å². The van der Waals surface area contributed by atoms with Crippen LogP contribution < -0.4 is 0 Å². The Morgan fingerprint density at radius 2 is 1.88 bits per heavy atom. The average molecular weight is 226 g/mol. The summed E-state index contributed by atoms with van der Waals surface area (Å²) in [5.74, 6) is -0.223. The summed E-state index contributed by atoms with van der Waals surface area (Å²) in [5.41, 5.74) is 5.00. The van der Waals surface area contributed by atoms with E-state index in [4.69, 9.17) is 0 Å². The molecule has 3 aromatic rings. The number of aromatic nitrogens is 2. The lowest BCUT2D eigenvalue weighted by Crippen LogP contribution is -1.82. The quantitative estimate of drug-likeness (QED) is 0.673. The number of fused-ring (bicyclic) bond motifs is 1. The molecule has 0 aliphatic rings. The molecule has 0 atom stereocenters. The van der Waals surface area contributed by atoms with Crippen LogP contribution in [0.1, 0.15) is 5.69 Å². The van der Waals surface area contributed by atoms with Crippen LogP contribution >= 0.6 is 0 Å². The first kappa shape index (κ1) is 10.0. The highest BCUT2D eigenvalue weighted by Gasteiger charge is 2.10. The second-order valence-corrected chi connectivity index (χ2v) is 4.03. The van der Waals surface area contributed by atoms with Gasteiger partial charge in [-0.25, -0.2) is 4.39 Å². The lowest BCUT2D eigenvalue weighted by atomic mass is 10.1. The normalized spacial score (nSPS) is 10.9. The van der Waals surface area contributed by atoms with Gasteiger partial charge in [0.05, 0.1) is 11.0 Å². The van der Waals surface area contributed by atoms with Gasteiger partial charge in [-0.15, -0.1) is 0 Å². The van der Waals surface area contributed by atoms with Crippen molar-refractivity contribution in [2.45, 2.75) is 6.92 Å². The minimum atomic E-state index is -0.223. The maximum Gasteiger partial charge on any atom is 0.123 e. The highest BCUT2D eigenvalue weighted by molar-refractivity contribution is 5.94. The fourth-order valence-electron chi connectivity index (χ4n) is 2.12. The SMILES string of the molecule is Cc1[nH]c2cccnc2c1-c1ccc(F)cc1. The van der Waals surface area contributed by atoms with Crippen LogP contribution in [0.5, 0.6) is 0 Å². The Morgan fingerprint density at radius 3 is 2.65 bits per heavy atom. The fraction of sp³-hybridized carbons (Fsp3) is 0.0714. The number of halogens is 1. The smallest absolute Gasteiger partial charge is 0.123 e. The van der Waals surface area contributed by atoms with Gasteiger partial charge in [0.15, 0.2) is 0 Å². The standard InChI is InChI=1S/C14H11FN2/c1-9-13(10-4-6-11(15)7-5-10)14-12(17-9)3-2-8-16-14/h2-8,17H,1H3. The lowest BCUT2D eigenvalue weighted by Gasteiger charge is -2.00. The molecule has 2 aromatic heterocycles. The van der Waals surface area contributed by atoms with E-state index >= 15 is 0 Å². The first-order valence-electron chi connectivity index (χ1n) is 5.45. The molecule has 1 aromatic carbocycles. The molecule has 0 aliphatic heterocycles. The molecule has 1 N–H and O–H groups in total. The predicted octanol–water partition coefficient (Wildman–Crippen LogP) is 3.68. The summed E-state index contributed by atoms with van der Waals surface area (Å²) in [4.78, 5) is 7.66. The Kier molecular flexibility index (Phi) is 2.18. The summed E-state index contributed by atoms with van der Waals surface area (Å²) in [5, 5.41) is 0. The zero-order valence-corrected chi connectivity index (χ0v) is 9.37. The molecule has 84 valence electrons. The maximum atomic E-state index is 12.9. The van der Waals surface area contributed by atoms with Gasteiger partial charge in [-0.3, -0.25) is 4.98 Å². The highest BCUT2D eigenvalue weighted by Crippen LogP contribution is 2.30. The topological polar surface area (TPSA) is 28.7 Å². The van der Waals surface area contributed by atoms with Crippen LogP contribution in [0.4, 0.5) is 4.39 Å².